The summed E-state index contributed by atoms with van der Waals surface area (Å²) < 4.78 is 5.70. The molecular weight excluding hydrogens is 234 g/mol. The van der Waals surface area contributed by atoms with Crippen LogP contribution in [0.3, 0.4) is 0 Å². The maximum atomic E-state index is 8.78. The minimum absolute atomic E-state index is 0.573. The fraction of sp³-hybridized carbons (Fsp3) is 0.462. The predicted octanol–water partition coefficient (Wildman–Crippen LogP) is 3.41. The minimum atomic E-state index is 0.573. The molecule has 0 spiro atoms. The Morgan fingerprint density at radius 2 is 2.18 bits per heavy atom. The van der Waals surface area contributed by atoms with Crippen molar-refractivity contribution in [3.8, 4) is 5.75 Å². The first kappa shape index (κ1) is 13.9. The molecule has 0 heterocycles. The number of oxime groups is 1. The van der Waals surface area contributed by atoms with Gasteiger partial charge in [0.15, 0.2) is 0 Å². The molecule has 0 amide bonds. The third-order valence-electron chi connectivity index (χ3n) is 2.32. The molecule has 1 rings (SSSR count). The van der Waals surface area contributed by atoms with Crippen LogP contribution < -0.4 is 4.74 Å². The van der Waals surface area contributed by atoms with Gasteiger partial charge in [-0.05, 0) is 37.0 Å². The van der Waals surface area contributed by atoms with Crippen molar-refractivity contribution >= 4 is 17.5 Å². The average molecular weight is 253 g/mol. The Balaban J connectivity index is 2.53. The molecule has 0 aliphatic rings. The van der Waals surface area contributed by atoms with E-state index in [1.54, 1.807) is 6.92 Å². The van der Waals surface area contributed by atoms with Gasteiger partial charge in [0, 0.05) is 5.56 Å². The molecule has 0 aromatic heterocycles. The molecule has 0 saturated heterocycles. The summed E-state index contributed by atoms with van der Waals surface area (Å²) in [7, 11) is 0. The van der Waals surface area contributed by atoms with Gasteiger partial charge in [-0.2, -0.15) is 11.8 Å². The highest BCUT2D eigenvalue weighted by molar-refractivity contribution is 7.99. The Kier molecular flexibility index (Phi) is 6.55. The number of hydrogen-bond donors (Lipinski definition) is 1. The Bertz CT molecular complexity index is 366. The number of rotatable bonds is 7. The molecule has 1 N–H and O–H groups in total. The van der Waals surface area contributed by atoms with Gasteiger partial charge in [0.25, 0.3) is 0 Å². The molecule has 94 valence electrons. The minimum Gasteiger partial charge on any atom is -0.493 e. The summed E-state index contributed by atoms with van der Waals surface area (Å²) >= 11 is 1.91. The van der Waals surface area contributed by atoms with Crippen LogP contribution in [0, 0.1) is 0 Å². The molecule has 0 atom stereocenters. The quantitative estimate of drug-likeness (QED) is 0.350. The van der Waals surface area contributed by atoms with Crippen LogP contribution in [0.25, 0.3) is 0 Å². The van der Waals surface area contributed by atoms with Crippen LogP contribution in [-0.2, 0) is 0 Å². The molecule has 3 nitrogen and oxygen atoms in total. The van der Waals surface area contributed by atoms with Crippen LogP contribution in [-0.4, -0.2) is 29.0 Å². The lowest BCUT2D eigenvalue weighted by molar-refractivity contribution is 0.312. The maximum Gasteiger partial charge on any atom is 0.128 e. The zero-order valence-corrected chi connectivity index (χ0v) is 11.2. The van der Waals surface area contributed by atoms with Crippen LogP contribution in [0.2, 0.25) is 0 Å². The van der Waals surface area contributed by atoms with Crippen LogP contribution in [0.1, 0.15) is 25.8 Å². The van der Waals surface area contributed by atoms with E-state index in [2.05, 4.69) is 12.1 Å². The van der Waals surface area contributed by atoms with Gasteiger partial charge >= 0.3 is 0 Å². The second kappa shape index (κ2) is 8.01. The summed E-state index contributed by atoms with van der Waals surface area (Å²) in [4.78, 5) is 0. The van der Waals surface area contributed by atoms with Gasteiger partial charge < -0.3 is 9.94 Å². The number of hydrogen-bond acceptors (Lipinski definition) is 4. The van der Waals surface area contributed by atoms with E-state index >= 15 is 0 Å². The molecule has 0 unspecified atom stereocenters. The molecule has 0 aliphatic heterocycles. The molecular formula is C13H19NO2S. The normalized spacial score (nSPS) is 11.5. The molecule has 0 fully saturated rings. The predicted molar refractivity (Wildman–Crippen MR) is 73.6 cm³/mol. The zero-order chi connectivity index (χ0) is 12.5. The molecule has 0 bridgehead atoms. The van der Waals surface area contributed by atoms with Gasteiger partial charge in [0.2, 0.25) is 0 Å². The summed E-state index contributed by atoms with van der Waals surface area (Å²) in [6.45, 7) is 4.61. The van der Waals surface area contributed by atoms with Crippen molar-refractivity contribution in [3.63, 3.8) is 0 Å². The van der Waals surface area contributed by atoms with E-state index in [-0.39, 0.29) is 0 Å². The second-order valence-corrected chi connectivity index (χ2v) is 4.97. The molecule has 0 aliphatic carbocycles. The van der Waals surface area contributed by atoms with Crippen molar-refractivity contribution in [1.82, 2.24) is 0 Å². The smallest absolute Gasteiger partial charge is 0.128 e. The Morgan fingerprint density at radius 1 is 1.41 bits per heavy atom. The summed E-state index contributed by atoms with van der Waals surface area (Å²) in [5.41, 5.74) is 1.42. The highest BCUT2D eigenvalue weighted by Gasteiger charge is 2.05. The zero-order valence-electron chi connectivity index (χ0n) is 10.3. The van der Waals surface area contributed by atoms with Gasteiger partial charge in [0.1, 0.15) is 5.75 Å². The number of ether oxygens (including phenoxy) is 1. The Hall–Kier alpha value is -1.16. The standard InChI is InChI=1S/C13H19NO2S/c1-3-17-10-6-9-16-13-8-5-4-7-12(13)11(2)14-15/h4-5,7-8,15H,3,6,9-10H2,1-2H3/b14-11+. The summed E-state index contributed by atoms with van der Waals surface area (Å²) in [6, 6.07) is 7.62. The van der Waals surface area contributed by atoms with Gasteiger partial charge in [-0.1, -0.05) is 24.2 Å². The van der Waals surface area contributed by atoms with E-state index < -0.39 is 0 Å². The first-order valence-electron chi connectivity index (χ1n) is 5.78. The van der Waals surface area contributed by atoms with Crippen LogP contribution >= 0.6 is 11.8 Å². The van der Waals surface area contributed by atoms with Crippen molar-refractivity contribution in [2.75, 3.05) is 18.1 Å². The van der Waals surface area contributed by atoms with Crippen molar-refractivity contribution in [1.29, 1.82) is 0 Å². The number of thioether (sulfide) groups is 1. The van der Waals surface area contributed by atoms with Gasteiger partial charge in [-0.3, -0.25) is 0 Å². The first-order chi connectivity index (χ1) is 8.29. The lowest BCUT2D eigenvalue weighted by Gasteiger charge is -2.10. The first-order valence-corrected chi connectivity index (χ1v) is 6.93. The van der Waals surface area contributed by atoms with Crippen molar-refractivity contribution < 1.29 is 9.94 Å². The third-order valence-corrected chi connectivity index (χ3v) is 3.31. The molecule has 0 radical (unpaired) electrons. The third kappa shape index (κ3) is 4.69. The summed E-state index contributed by atoms with van der Waals surface area (Å²) in [6.07, 6.45) is 1.03. The Morgan fingerprint density at radius 3 is 2.88 bits per heavy atom. The Labute approximate surface area is 107 Å². The fourth-order valence-corrected chi connectivity index (χ4v) is 2.04. The average Bonchev–Trinajstić information content (AvgIpc) is 2.38. The van der Waals surface area contributed by atoms with E-state index in [4.69, 9.17) is 9.94 Å². The lowest BCUT2D eigenvalue weighted by Crippen LogP contribution is -2.04. The summed E-state index contributed by atoms with van der Waals surface area (Å²) in [5, 5.41) is 12.0. The number of para-hydroxylation sites is 1. The van der Waals surface area contributed by atoms with Gasteiger partial charge in [-0.25, -0.2) is 0 Å². The number of nitrogens with zero attached hydrogens (tertiary/aromatic N) is 1. The van der Waals surface area contributed by atoms with Crippen molar-refractivity contribution in [3.05, 3.63) is 29.8 Å². The van der Waals surface area contributed by atoms with Crippen LogP contribution in [0.5, 0.6) is 5.75 Å². The van der Waals surface area contributed by atoms with Crippen molar-refractivity contribution in [2.24, 2.45) is 5.16 Å². The van der Waals surface area contributed by atoms with Gasteiger partial charge in [0.05, 0.1) is 12.3 Å². The van der Waals surface area contributed by atoms with E-state index in [9.17, 15) is 0 Å². The van der Waals surface area contributed by atoms with E-state index in [1.165, 1.54) is 0 Å². The van der Waals surface area contributed by atoms with E-state index in [0.29, 0.717) is 12.3 Å². The van der Waals surface area contributed by atoms with Crippen LogP contribution in [0.4, 0.5) is 0 Å². The largest absolute Gasteiger partial charge is 0.493 e. The molecule has 17 heavy (non-hydrogen) atoms. The fourth-order valence-electron chi connectivity index (χ4n) is 1.43. The summed E-state index contributed by atoms with van der Waals surface area (Å²) in [5.74, 6) is 3.04. The number of benzene rings is 1. The molecule has 1 aromatic carbocycles. The maximum absolute atomic E-state index is 8.78. The lowest BCUT2D eigenvalue weighted by atomic mass is 10.1. The van der Waals surface area contributed by atoms with Crippen LogP contribution in [0.15, 0.2) is 29.4 Å². The highest BCUT2D eigenvalue weighted by Crippen LogP contribution is 2.19. The van der Waals surface area contributed by atoms with Gasteiger partial charge in [-0.15, -0.1) is 0 Å². The van der Waals surface area contributed by atoms with Crippen molar-refractivity contribution in [2.45, 2.75) is 20.3 Å². The second-order valence-electron chi connectivity index (χ2n) is 3.58. The topological polar surface area (TPSA) is 41.8 Å². The van der Waals surface area contributed by atoms with E-state index in [0.717, 1.165) is 29.2 Å². The highest BCUT2D eigenvalue weighted by atomic mass is 32.2. The van der Waals surface area contributed by atoms with E-state index in [1.807, 2.05) is 36.0 Å². The molecule has 0 saturated carbocycles. The molecule has 1 aromatic rings. The monoisotopic (exact) mass is 253 g/mol. The SMILES string of the molecule is CCSCCCOc1ccccc1/C(C)=N/O. The molecule has 4 heteroatoms.